The molecule has 1 amide bonds. The van der Waals surface area contributed by atoms with Gasteiger partial charge in [0.25, 0.3) is 0 Å². The number of primary amides is 1. The summed E-state index contributed by atoms with van der Waals surface area (Å²) >= 11 is 0. The Bertz CT molecular complexity index is 1670. The minimum absolute atomic E-state index is 0.181. The molecule has 0 saturated carbocycles. The van der Waals surface area contributed by atoms with E-state index < -0.39 is 153 Å². The average molecular weight is 923 g/mol. The fourth-order valence-electron chi connectivity index (χ4n) is 8.04. The van der Waals surface area contributed by atoms with Crippen molar-refractivity contribution in [1.82, 2.24) is 0 Å². The van der Waals surface area contributed by atoms with Crippen LogP contribution >= 0.6 is 0 Å². The highest BCUT2D eigenvalue weighted by Gasteiger charge is 2.50. The number of esters is 1. The molecule has 3 rings (SSSR count). The minimum Gasteiger partial charge on any atom is -0.462 e. The van der Waals surface area contributed by atoms with Gasteiger partial charge in [-0.1, -0.05) is 86.8 Å². The predicted octanol–water partition coefficient (Wildman–Crippen LogP) is 0.545. The van der Waals surface area contributed by atoms with E-state index in [4.69, 9.17) is 30.4 Å². The maximum atomic E-state index is 12.7. The first-order valence-electron chi connectivity index (χ1n) is 22.5. The van der Waals surface area contributed by atoms with Crippen molar-refractivity contribution in [3.05, 3.63) is 72.9 Å². The summed E-state index contributed by atoms with van der Waals surface area (Å²) in [5.74, 6) is -6.66. The van der Waals surface area contributed by atoms with Gasteiger partial charge in [0.05, 0.1) is 79.4 Å². The van der Waals surface area contributed by atoms with E-state index in [0.717, 1.165) is 12.8 Å². The number of ketones is 1. The number of nitrogens with two attached hydrogens (primary N) is 2. The Morgan fingerprint density at radius 2 is 1.31 bits per heavy atom. The van der Waals surface area contributed by atoms with Gasteiger partial charge in [0.15, 0.2) is 12.1 Å². The zero-order chi connectivity index (χ0) is 48.4. The summed E-state index contributed by atoms with van der Waals surface area (Å²) in [6.45, 7) is 6.79. The van der Waals surface area contributed by atoms with Crippen LogP contribution in [0.4, 0.5) is 0 Å². The first-order chi connectivity index (χ1) is 30.6. The van der Waals surface area contributed by atoms with Crippen LogP contribution in [0, 0.1) is 17.8 Å². The molecule has 3 heterocycles. The number of fused-ring (bicyclic) bond motifs is 2. The molecule has 2 saturated heterocycles. The Morgan fingerprint density at radius 1 is 0.708 bits per heavy atom. The highest BCUT2D eigenvalue weighted by molar-refractivity contribution is 5.80. The molecule has 18 nitrogen and oxygen atoms in total. The van der Waals surface area contributed by atoms with Gasteiger partial charge in [-0.25, -0.2) is 0 Å². The van der Waals surface area contributed by atoms with E-state index in [0.29, 0.717) is 0 Å². The Morgan fingerprint density at radius 3 is 1.97 bits per heavy atom. The van der Waals surface area contributed by atoms with E-state index in [1.165, 1.54) is 0 Å². The molecular weight excluding hydrogens is 849 g/mol. The number of carbonyl (C=O) groups excluding carboxylic acids is 3. The van der Waals surface area contributed by atoms with Gasteiger partial charge in [-0.15, -0.1) is 0 Å². The molecule has 65 heavy (non-hydrogen) atoms. The van der Waals surface area contributed by atoms with Gasteiger partial charge in [-0.3, -0.25) is 14.4 Å². The molecule has 368 valence electrons. The van der Waals surface area contributed by atoms with Crippen LogP contribution in [-0.2, 0) is 33.3 Å². The summed E-state index contributed by atoms with van der Waals surface area (Å²) in [4.78, 5) is 37.9. The van der Waals surface area contributed by atoms with Crippen LogP contribution in [-0.4, -0.2) is 155 Å². The number of aliphatic hydroxyl groups is 9. The predicted molar refractivity (Wildman–Crippen MR) is 238 cm³/mol. The van der Waals surface area contributed by atoms with Crippen LogP contribution in [0.25, 0.3) is 0 Å². The van der Waals surface area contributed by atoms with Crippen LogP contribution in [0.3, 0.4) is 0 Å². The lowest BCUT2D eigenvalue weighted by Crippen LogP contribution is -2.62. The number of rotatable bonds is 3. The lowest BCUT2D eigenvalue weighted by molar-refractivity contribution is -0.308. The van der Waals surface area contributed by atoms with Crippen molar-refractivity contribution in [3.63, 3.8) is 0 Å². The molecule has 3 aliphatic rings. The molecule has 18 atom stereocenters. The highest BCUT2D eigenvalue weighted by atomic mass is 16.7. The molecule has 0 aliphatic carbocycles. The molecule has 0 aromatic carbocycles. The standard InChI is InChI=1S/C47H74N2O16/c1-27-17-15-13-11-9-7-5-6-8-10-12-14-16-18-34(64-46-44(59)41(48)43(58)30(4)63-46)24-38-40(45(49)60)37(55)26-47(61,65-38)25-36(54)35(53)20-19-31(50)21-32(51)22-33(52)23-39(56)62-29(3)28(2)42(27)57/h5-10,12,14-18,27-31,33-38,40-44,46,50,52-55,57-59,61H,11,13,19-26,48H2,1-4H3,(H2,49,60)/b6-5+,9-7+,10-8+,14-12+,17-15+,18-16+/t27-,28-,29-,30+,31+,33+,34-,35+,36+,37-,38-,40+,41-,42+,43+,44-,46-,47+/m0/s1. The zero-order valence-corrected chi connectivity index (χ0v) is 37.9. The third-order valence-corrected chi connectivity index (χ3v) is 12.1. The third kappa shape index (κ3) is 18.6. The Hall–Kier alpha value is -3.47. The SMILES string of the molecule is C[C@@H]1[C@H](O)[C@@H](C)/C=C/CC/C=C/C=C/C=C/C=C/C=C/[C@H](O[C@@H]2O[C@H](C)[C@@H](O)[C@H](N)[C@@H]2O)C[C@@H]2O[C@](O)(C[C@@H](O)[C@H](O)CC[C@@H](O)CC(=O)C[C@@H](O)CC(=O)O[C@H]1C)C[C@H](O)[C@H]2C(N)=O. The summed E-state index contributed by atoms with van der Waals surface area (Å²) in [5, 5.41) is 97.6. The van der Waals surface area contributed by atoms with Crippen molar-refractivity contribution < 1.29 is 79.3 Å². The van der Waals surface area contributed by atoms with Crippen molar-refractivity contribution in [1.29, 1.82) is 0 Å². The molecule has 0 unspecified atom stereocenters. The van der Waals surface area contributed by atoms with Gasteiger partial charge in [0, 0.05) is 43.9 Å². The van der Waals surface area contributed by atoms with Crippen LogP contribution < -0.4 is 11.5 Å². The van der Waals surface area contributed by atoms with Gasteiger partial charge in [0.2, 0.25) is 5.91 Å². The molecule has 2 fully saturated rings. The number of cyclic esters (lactones) is 1. The van der Waals surface area contributed by atoms with E-state index in [-0.39, 0.29) is 25.2 Å². The lowest BCUT2D eigenvalue weighted by Gasteiger charge is -2.45. The molecule has 18 heteroatoms. The van der Waals surface area contributed by atoms with Gasteiger partial charge in [0.1, 0.15) is 18.0 Å². The zero-order valence-electron chi connectivity index (χ0n) is 37.9. The van der Waals surface area contributed by atoms with Crippen LogP contribution in [0.5, 0.6) is 0 Å². The van der Waals surface area contributed by atoms with Crippen molar-refractivity contribution in [2.24, 2.45) is 29.2 Å². The first-order valence-corrected chi connectivity index (χ1v) is 22.5. The van der Waals surface area contributed by atoms with Gasteiger partial charge in [-0.2, -0.15) is 0 Å². The third-order valence-electron chi connectivity index (χ3n) is 12.1. The van der Waals surface area contributed by atoms with Crippen molar-refractivity contribution in [2.45, 2.75) is 183 Å². The Balaban J connectivity index is 1.84. The quantitative estimate of drug-likeness (QED) is 0.136. The molecular formula is C47H74N2O16. The second kappa shape index (κ2) is 27.4. The van der Waals surface area contributed by atoms with Crippen molar-refractivity contribution in [2.75, 3.05) is 0 Å². The molecule has 3 aliphatic heterocycles. The molecule has 0 spiro atoms. The lowest BCUT2D eigenvalue weighted by atomic mass is 9.82. The smallest absolute Gasteiger partial charge is 0.308 e. The van der Waals surface area contributed by atoms with Crippen molar-refractivity contribution in [3.8, 4) is 0 Å². The summed E-state index contributed by atoms with van der Waals surface area (Å²) in [5.41, 5.74) is 11.7. The molecule has 13 N–H and O–H groups in total. The fourth-order valence-corrected chi connectivity index (χ4v) is 8.04. The number of Topliss-reactive ketones (excluding diaryl/α,β-unsaturated/α-hetero) is 1. The van der Waals surface area contributed by atoms with E-state index in [1.807, 2.05) is 43.4 Å². The molecule has 0 radical (unpaired) electrons. The maximum Gasteiger partial charge on any atom is 0.308 e. The largest absolute Gasteiger partial charge is 0.462 e. The molecule has 2 bridgehead atoms. The fraction of sp³-hybridized carbons (Fsp3) is 0.681. The minimum atomic E-state index is -2.31. The number of hydrogen-bond donors (Lipinski definition) is 11. The van der Waals surface area contributed by atoms with Crippen LogP contribution in [0.1, 0.15) is 91.9 Å². The summed E-state index contributed by atoms with van der Waals surface area (Å²) in [7, 11) is 0. The van der Waals surface area contributed by atoms with E-state index in [1.54, 1.807) is 57.2 Å². The number of allylic oxidation sites excluding steroid dienone is 10. The van der Waals surface area contributed by atoms with E-state index in [2.05, 4.69) is 0 Å². The average Bonchev–Trinajstić information content (AvgIpc) is 3.21. The number of amides is 1. The molecule has 0 aromatic heterocycles. The maximum absolute atomic E-state index is 12.7. The Labute approximate surface area is 381 Å². The van der Waals surface area contributed by atoms with Crippen molar-refractivity contribution >= 4 is 17.7 Å². The second-order valence-corrected chi connectivity index (χ2v) is 17.7. The van der Waals surface area contributed by atoms with E-state index >= 15 is 0 Å². The van der Waals surface area contributed by atoms with Crippen LogP contribution in [0.2, 0.25) is 0 Å². The number of carbonyl (C=O) groups is 3. The van der Waals surface area contributed by atoms with E-state index in [9.17, 15) is 60.3 Å². The number of hydrogen-bond acceptors (Lipinski definition) is 17. The van der Waals surface area contributed by atoms with Gasteiger partial charge in [-0.05, 0) is 39.5 Å². The summed E-state index contributed by atoms with van der Waals surface area (Å²) in [6, 6.07) is -1.13. The normalized spacial score (nSPS) is 44.1. The summed E-state index contributed by atoms with van der Waals surface area (Å²) < 4.78 is 23.3. The topological polar surface area (TPSA) is 322 Å². The highest BCUT2D eigenvalue weighted by Crippen LogP contribution is 2.38. The van der Waals surface area contributed by atoms with Gasteiger partial charge >= 0.3 is 5.97 Å². The van der Waals surface area contributed by atoms with Gasteiger partial charge < -0.3 is 76.4 Å². The Kier molecular flexibility index (Phi) is 23.5. The van der Waals surface area contributed by atoms with Crippen LogP contribution in [0.15, 0.2) is 72.9 Å². The first kappa shape index (κ1) is 55.9. The molecule has 0 aromatic rings. The second-order valence-electron chi connectivity index (χ2n) is 17.7. The number of aliphatic hydroxyl groups excluding tert-OH is 8. The summed E-state index contributed by atoms with van der Waals surface area (Å²) in [6.07, 6.45) is 3.43. The monoisotopic (exact) mass is 923 g/mol. The number of ether oxygens (including phenoxy) is 4.